The van der Waals surface area contributed by atoms with Crippen molar-refractivity contribution in [3.05, 3.63) is 24.0 Å². The number of carbonyl (C=O) groups excluding carboxylic acids is 2. The Hall–Kier alpha value is -1.66. The Labute approximate surface area is 144 Å². The maximum atomic E-state index is 12.2. The molecule has 1 fully saturated rings. The fourth-order valence-corrected chi connectivity index (χ4v) is 2.91. The van der Waals surface area contributed by atoms with Gasteiger partial charge in [-0.15, -0.1) is 6.58 Å². The lowest BCUT2D eigenvalue weighted by Gasteiger charge is -2.19. The first-order valence-corrected chi connectivity index (χ1v) is 8.44. The van der Waals surface area contributed by atoms with E-state index < -0.39 is 12.3 Å². The first-order chi connectivity index (χ1) is 11.6. The fourth-order valence-electron chi connectivity index (χ4n) is 2.91. The van der Waals surface area contributed by atoms with Crippen LogP contribution in [0, 0.1) is 0 Å². The molecule has 2 unspecified atom stereocenters. The highest BCUT2D eigenvalue weighted by molar-refractivity contribution is 5.79. The van der Waals surface area contributed by atoms with Crippen LogP contribution in [-0.4, -0.2) is 55.3 Å². The monoisotopic (exact) mass is 339 g/mol. The number of ether oxygens (including phenoxy) is 2. The van der Waals surface area contributed by atoms with Gasteiger partial charge in [-0.05, 0) is 38.3 Å². The molecule has 2 atom stereocenters. The first kappa shape index (κ1) is 20.4. The van der Waals surface area contributed by atoms with E-state index >= 15 is 0 Å². The summed E-state index contributed by atoms with van der Waals surface area (Å²) < 4.78 is 10.8. The van der Waals surface area contributed by atoms with Crippen LogP contribution in [0.5, 0.6) is 0 Å². The Morgan fingerprint density at radius 3 is 2.67 bits per heavy atom. The second-order valence-electron chi connectivity index (χ2n) is 5.91. The van der Waals surface area contributed by atoms with E-state index in [1.54, 1.807) is 18.0 Å². The van der Waals surface area contributed by atoms with E-state index in [9.17, 15) is 9.59 Å². The number of likely N-dealkylation sites (N-methyl/N-ethyl adjacent to an activating group) is 1. The molecule has 0 amide bonds. The number of unbranched alkanes of at least 4 members (excludes halogenated alkanes) is 3. The van der Waals surface area contributed by atoms with Gasteiger partial charge in [0.05, 0.1) is 13.5 Å². The van der Waals surface area contributed by atoms with Crippen LogP contribution in [0.1, 0.15) is 44.9 Å². The van der Waals surface area contributed by atoms with Gasteiger partial charge in [0.1, 0.15) is 12.0 Å². The summed E-state index contributed by atoms with van der Waals surface area (Å²) in [5.41, 5.74) is 1.02. The molecule has 0 aliphatic carbocycles. The van der Waals surface area contributed by atoms with Gasteiger partial charge in [0.25, 0.3) is 0 Å². The van der Waals surface area contributed by atoms with Gasteiger partial charge in [-0.3, -0.25) is 4.90 Å². The summed E-state index contributed by atoms with van der Waals surface area (Å²) in [7, 11) is 3.11. The van der Waals surface area contributed by atoms with Crippen molar-refractivity contribution in [1.82, 2.24) is 4.90 Å². The first-order valence-electron chi connectivity index (χ1n) is 8.44. The number of aldehydes is 1. The molecular weight excluding hydrogens is 310 g/mol. The molecular formula is C18H29NO5. The van der Waals surface area contributed by atoms with Gasteiger partial charge in [0.2, 0.25) is 0 Å². The summed E-state index contributed by atoms with van der Waals surface area (Å²) >= 11 is 0. The van der Waals surface area contributed by atoms with Crippen molar-refractivity contribution in [1.29, 1.82) is 0 Å². The average Bonchev–Trinajstić information content (AvgIpc) is 2.90. The number of allylic oxidation sites excluding steroid dienone is 2. The number of nitrogens with zero attached hydrogens (tertiary/aromatic N) is 1. The highest BCUT2D eigenvalue weighted by Crippen LogP contribution is 2.33. The number of methoxy groups -OCH3 is 1. The van der Waals surface area contributed by atoms with Crippen LogP contribution in [-0.2, 0) is 19.1 Å². The topological polar surface area (TPSA) is 76.1 Å². The van der Waals surface area contributed by atoms with Crippen molar-refractivity contribution < 1.29 is 24.2 Å². The summed E-state index contributed by atoms with van der Waals surface area (Å²) in [5.74, 6) is 0.209. The van der Waals surface area contributed by atoms with Crippen LogP contribution in [0.4, 0.5) is 0 Å². The van der Waals surface area contributed by atoms with Crippen LogP contribution >= 0.6 is 0 Å². The highest BCUT2D eigenvalue weighted by atomic mass is 16.5. The second-order valence-corrected chi connectivity index (χ2v) is 5.91. The van der Waals surface area contributed by atoms with Gasteiger partial charge in [-0.1, -0.05) is 18.9 Å². The third-order valence-electron chi connectivity index (χ3n) is 4.22. The predicted molar refractivity (Wildman–Crippen MR) is 91.1 cm³/mol. The number of hydrogen-bond acceptors (Lipinski definition) is 6. The Kier molecular flexibility index (Phi) is 9.34. The van der Waals surface area contributed by atoms with Gasteiger partial charge in [0, 0.05) is 6.61 Å². The van der Waals surface area contributed by atoms with Crippen LogP contribution in [0.15, 0.2) is 24.0 Å². The molecule has 0 spiro atoms. The van der Waals surface area contributed by atoms with Gasteiger partial charge in [-0.25, -0.2) is 4.79 Å². The molecule has 1 rings (SSSR count). The Balaban J connectivity index is 2.95. The number of aliphatic hydroxyl groups is 1. The second kappa shape index (κ2) is 11.0. The molecule has 0 saturated carbocycles. The zero-order valence-electron chi connectivity index (χ0n) is 14.7. The molecule has 0 aromatic heterocycles. The molecule has 0 aromatic carbocycles. The minimum absolute atomic E-state index is 0.200. The number of hydrogen-bond donors (Lipinski definition) is 1. The molecule has 1 saturated heterocycles. The Morgan fingerprint density at radius 2 is 2.08 bits per heavy atom. The SMILES string of the molecule is C=CCC(CCCCCCO)=C1OC(CC=O)N(C)C1C(=O)OC. The summed E-state index contributed by atoms with van der Waals surface area (Å²) in [6.07, 6.45) is 7.49. The average molecular weight is 339 g/mol. The largest absolute Gasteiger partial charge is 0.477 e. The molecule has 24 heavy (non-hydrogen) atoms. The lowest BCUT2D eigenvalue weighted by atomic mass is 9.99. The van der Waals surface area contributed by atoms with Crippen LogP contribution < -0.4 is 0 Å². The van der Waals surface area contributed by atoms with E-state index in [-0.39, 0.29) is 19.0 Å². The van der Waals surface area contributed by atoms with E-state index in [1.165, 1.54) is 7.11 Å². The maximum Gasteiger partial charge on any atom is 0.331 e. The summed E-state index contributed by atoms with van der Waals surface area (Å²) in [6.45, 7) is 4.00. The normalized spacial score (nSPS) is 22.8. The van der Waals surface area contributed by atoms with Crippen LogP contribution in [0.25, 0.3) is 0 Å². The zero-order chi connectivity index (χ0) is 17.9. The molecule has 6 nitrogen and oxygen atoms in total. The van der Waals surface area contributed by atoms with E-state index in [4.69, 9.17) is 14.6 Å². The number of rotatable bonds is 11. The van der Waals surface area contributed by atoms with E-state index in [1.807, 2.05) is 0 Å². The molecule has 1 aliphatic heterocycles. The van der Waals surface area contributed by atoms with Crippen molar-refractivity contribution >= 4 is 12.3 Å². The zero-order valence-corrected chi connectivity index (χ0v) is 14.7. The van der Waals surface area contributed by atoms with E-state index in [0.29, 0.717) is 12.2 Å². The Bertz CT molecular complexity index is 460. The Morgan fingerprint density at radius 1 is 1.38 bits per heavy atom. The fraction of sp³-hybridized carbons (Fsp3) is 0.667. The van der Waals surface area contributed by atoms with Crippen LogP contribution in [0.3, 0.4) is 0 Å². The van der Waals surface area contributed by atoms with Crippen molar-refractivity contribution in [2.24, 2.45) is 0 Å². The smallest absolute Gasteiger partial charge is 0.331 e. The van der Waals surface area contributed by atoms with E-state index in [2.05, 4.69) is 6.58 Å². The maximum absolute atomic E-state index is 12.2. The van der Waals surface area contributed by atoms with Crippen molar-refractivity contribution in [3.63, 3.8) is 0 Å². The number of aliphatic hydroxyl groups excluding tert-OH is 1. The summed E-state index contributed by atoms with van der Waals surface area (Å²) in [5, 5.41) is 8.84. The third kappa shape index (κ3) is 5.46. The summed E-state index contributed by atoms with van der Waals surface area (Å²) in [4.78, 5) is 24.8. The minimum atomic E-state index is -0.618. The summed E-state index contributed by atoms with van der Waals surface area (Å²) in [6, 6.07) is -0.618. The third-order valence-corrected chi connectivity index (χ3v) is 4.22. The molecule has 1 heterocycles. The molecule has 136 valence electrons. The van der Waals surface area contributed by atoms with Gasteiger partial charge in [-0.2, -0.15) is 0 Å². The molecule has 0 radical (unpaired) electrons. The van der Waals surface area contributed by atoms with Crippen LogP contribution in [0.2, 0.25) is 0 Å². The van der Waals surface area contributed by atoms with Crippen molar-refractivity contribution in [3.8, 4) is 0 Å². The quantitative estimate of drug-likeness (QED) is 0.269. The molecule has 1 aliphatic rings. The van der Waals surface area contributed by atoms with Gasteiger partial charge in [0.15, 0.2) is 12.3 Å². The lowest BCUT2D eigenvalue weighted by Crippen LogP contribution is -2.39. The van der Waals surface area contributed by atoms with Crippen molar-refractivity contribution in [2.45, 2.75) is 57.2 Å². The molecule has 0 aromatic rings. The lowest BCUT2D eigenvalue weighted by molar-refractivity contribution is -0.144. The van der Waals surface area contributed by atoms with Gasteiger partial charge < -0.3 is 19.4 Å². The van der Waals surface area contributed by atoms with Crippen molar-refractivity contribution in [2.75, 3.05) is 20.8 Å². The molecule has 0 bridgehead atoms. The number of carbonyl (C=O) groups is 2. The number of esters is 1. The van der Waals surface area contributed by atoms with E-state index in [0.717, 1.165) is 44.0 Å². The standard InChI is InChI=1S/C18H29NO5/c1-4-9-14(10-7-5-6-8-12-20)17-16(18(22)23-3)19(2)15(24-17)11-13-21/h4,13,15-16,20H,1,5-12H2,2-3H3. The highest BCUT2D eigenvalue weighted by Gasteiger charge is 2.43. The molecule has 6 heteroatoms. The predicted octanol–water partition coefficient (Wildman–Crippen LogP) is 2.18. The minimum Gasteiger partial charge on any atom is -0.477 e. The van der Waals surface area contributed by atoms with Gasteiger partial charge >= 0.3 is 5.97 Å². The molecule has 1 N–H and O–H groups in total.